The monoisotopic (exact) mass is 419 g/mol. The van der Waals surface area contributed by atoms with Crippen molar-refractivity contribution in [1.82, 2.24) is 9.97 Å². The molecule has 112 valence electrons. The molecule has 0 radical (unpaired) electrons. The Morgan fingerprint density at radius 1 is 1.24 bits per heavy atom. The first-order valence-corrected chi connectivity index (χ1v) is 7.91. The first kappa shape index (κ1) is 16.4. The molecule has 0 saturated carbocycles. The maximum atomic E-state index is 14.2. The molecule has 0 aliphatic heterocycles. The van der Waals surface area contributed by atoms with E-state index in [1.165, 1.54) is 6.07 Å². The molecule has 0 saturated heterocycles. The van der Waals surface area contributed by atoms with Crippen molar-refractivity contribution in [3.05, 3.63) is 38.3 Å². The lowest BCUT2D eigenvalue weighted by molar-refractivity contribution is 0.563. The third-order valence-corrected chi connectivity index (χ3v) is 4.30. The van der Waals surface area contributed by atoms with E-state index in [2.05, 4.69) is 58.6 Å². The minimum absolute atomic E-state index is 0.0676. The van der Waals surface area contributed by atoms with Gasteiger partial charge < -0.3 is 5.32 Å². The highest BCUT2D eigenvalue weighted by Crippen LogP contribution is 2.33. The third-order valence-electron chi connectivity index (χ3n) is 2.99. The van der Waals surface area contributed by atoms with E-state index < -0.39 is 5.82 Å². The van der Waals surface area contributed by atoms with Crippen molar-refractivity contribution < 1.29 is 4.39 Å². The van der Waals surface area contributed by atoms with Gasteiger partial charge in [-0.3, -0.25) is 0 Å². The summed E-state index contributed by atoms with van der Waals surface area (Å²) in [6.45, 7) is 6.19. The maximum absolute atomic E-state index is 14.2. The molecule has 2 rings (SSSR count). The maximum Gasteiger partial charge on any atom is 0.164 e. The second kappa shape index (κ2) is 6.04. The van der Waals surface area contributed by atoms with Crippen molar-refractivity contribution >= 4 is 40.0 Å². The van der Waals surface area contributed by atoms with Crippen LogP contribution >= 0.6 is 34.2 Å². The van der Waals surface area contributed by atoms with Crippen molar-refractivity contribution in [3.63, 3.8) is 0 Å². The van der Waals surface area contributed by atoms with E-state index in [-0.39, 0.29) is 10.4 Å². The number of aromatic nitrogens is 2. The lowest BCUT2D eigenvalue weighted by Crippen LogP contribution is -2.18. The molecule has 2 aromatic rings. The van der Waals surface area contributed by atoms with Gasteiger partial charge >= 0.3 is 0 Å². The van der Waals surface area contributed by atoms with Crippen LogP contribution in [0.5, 0.6) is 0 Å². The molecule has 0 spiro atoms. The highest BCUT2D eigenvalue weighted by molar-refractivity contribution is 14.1. The van der Waals surface area contributed by atoms with E-state index in [1.54, 1.807) is 19.2 Å². The quantitative estimate of drug-likeness (QED) is 0.705. The Labute approximate surface area is 142 Å². The van der Waals surface area contributed by atoms with Crippen LogP contribution in [0.1, 0.15) is 26.5 Å². The Kier molecular flexibility index (Phi) is 4.72. The number of anilines is 1. The number of benzene rings is 1. The van der Waals surface area contributed by atoms with Gasteiger partial charge in [0.25, 0.3) is 0 Å². The van der Waals surface area contributed by atoms with Gasteiger partial charge in [0.2, 0.25) is 0 Å². The van der Waals surface area contributed by atoms with Crippen molar-refractivity contribution in [2.45, 2.75) is 26.2 Å². The zero-order chi connectivity index (χ0) is 15.8. The first-order chi connectivity index (χ1) is 9.75. The SMILES string of the molecule is CNc1nc(-c2cccc(Cl)c2F)nc(C(C)(C)C)c1I. The van der Waals surface area contributed by atoms with Gasteiger partial charge in [-0.25, -0.2) is 14.4 Å². The molecular formula is C15H16ClFIN3. The number of rotatable bonds is 2. The fraction of sp³-hybridized carbons (Fsp3) is 0.333. The Hall–Kier alpha value is -0.950. The van der Waals surface area contributed by atoms with E-state index in [9.17, 15) is 4.39 Å². The summed E-state index contributed by atoms with van der Waals surface area (Å²) in [5, 5.41) is 3.11. The summed E-state index contributed by atoms with van der Waals surface area (Å²) in [5.74, 6) is 0.525. The standard InChI is InChI=1S/C15H16ClFIN3/c1-15(2,3)12-11(18)14(19-4)21-13(20-12)8-6-5-7-9(16)10(8)17/h5-7H,1-4H3,(H,19,20,21). The van der Waals surface area contributed by atoms with Gasteiger partial charge in [-0.05, 0) is 34.7 Å². The number of hydrogen-bond donors (Lipinski definition) is 1. The van der Waals surface area contributed by atoms with Gasteiger partial charge in [-0.15, -0.1) is 0 Å². The van der Waals surface area contributed by atoms with Crippen molar-refractivity contribution in [2.75, 3.05) is 12.4 Å². The third kappa shape index (κ3) is 3.29. The molecule has 0 amide bonds. The molecule has 1 heterocycles. The predicted octanol–water partition coefficient (Wildman–Crippen LogP) is 4.88. The summed E-state index contributed by atoms with van der Waals surface area (Å²) in [4.78, 5) is 8.98. The molecular weight excluding hydrogens is 404 g/mol. The summed E-state index contributed by atoms with van der Waals surface area (Å²) >= 11 is 8.06. The highest BCUT2D eigenvalue weighted by Gasteiger charge is 2.24. The van der Waals surface area contributed by atoms with E-state index in [1.807, 2.05) is 0 Å². The second-order valence-corrected chi connectivity index (χ2v) is 7.15. The van der Waals surface area contributed by atoms with Crippen LogP contribution < -0.4 is 5.32 Å². The summed E-state index contributed by atoms with van der Waals surface area (Å²) in [5.41, 5.74) is 1.01. The summed E-state index contributed by atoms with van der Waals surface area (Å²) < 4.78 is 15.2. The Bertz CT molecular complexity index is 683. The molecule has 0 aliphatic carbocycles. The molecule has 1 N–H and O–H groups in total. The van der Waals surface area contributed by atoms with Crippen LogP contribution in [0.3, 0.4) is 0 Å². The second-order valence-electron chi connectivity index (χ2n) is 5.66. The van der Waals surface area contributed by atoms with Crippen LogP contribution in [0, 0.1) is 9.39 Å². The van der Waals surface area contributed by atoms with E-state index in [0.717, 1.165) is 9.26 Å². The van der Waals surface area contributed by atoms with Crippen molar-refractivity contribution in [1.29, 1.82) is 0 Å². The fourth-order valence-corrected chi connectivity index (χ4v) is 3.40. The molecule has 21 heavy (non-hydrogen) atoms. The van der Waals surface area contributed by atoms with Crippen LogP contribution in [0.25, 0.3) is 11.4 Å². The molecule has 3 nitrogen and oxygen atoms in total. The predicted molar refractivity (Wildman–Crippen MR) is 93.4 cm³/mol. The largest absolute Gasteiger partial charge is 0.372 e. The average Bonchev–Trinajstić information content (AvgIpc) is 2.41. The summed E-state index contributed by atoms with van der Waals surface area (Å²) in [6, 6.07) is 4.84. The number of nitrogens with one attached hydrogen (secondary N) is 1. The average molecular weight is 420 g/mol. The van der Waals surface area contributed by atoms with E-state index in [0.29, 0.717) is 17.2 Å². The smallest absolute Gasteiger partial charge is 0.164 e. The van der Waals surface area contributed by atoms with Crippen LogP contribution in [0.2, 0.25) is 5.02 Å². The first-order valence-electron chi connectivity index (χ1n) is 6.46. The molecule has 0 atom stereocenters. The van der Waals surface area contributed by atoms with Gasteiger partial charge in [0.15, 0.2) is 11.6 Å². The minimum atomic E-state index is -0.498. The van der Waals surface area contributed by atoms with E-state index in [4.69, 9.17) is 11.6 Å². The molecule has 0 bridgehead atoms. The van der Waals surface area contributed by atoms with Crippen LogP contribution in [0.4, 0.5) is 10.2 Å². The Morgan fingerprint density at radius 2 is 1.90 bits per heavy atom. The molecule has 1 aromatic heterocycles. The van der Waals surface area contributed by atoms with Crippen LogP contribution in [-0.4, -0.2) is 17.0 Å². The summed E-state index contributed by atoms with van der Waals surface area (Å²) in [6.07, 6.45) is 0. The van der Waals surface area contributed by atoms with Crippen LogP contribution in [-0.2, 0) is 5.41 Å². The lowest BCUT2D eigenvalue weighted by Gasteiger charge is -2.22. The molecule has 0 unspecified atom stereocenters. The molecule has 0 aliphatic rings. The highest BCUT2D eigenvalue weighted by atomic mass is 127. The molecule has 6 heteroatoms. The van der Waals surface area contributed by atoms with Gasteiger partial charge in [0.05, 0.1) is 19.9 Å². The van der Waals surface area contributed by atoms with Gasteiger partial charge in [-0.2, -0.15) is 0 Å². The van der Waals surface area contributed by atoms with Gasteiger partial charge in [0.1, 0.15) is 5.82 Å². The zero-order valence-corrected chi connectivity index (χ0v) is 15.2. The van der Waals surface area contributed by atoms with Gasteiger partial charge in [0, 0.05) is 12.5 Å². The number of hydrogen-bond acceptors (Lipinski definition) is 3. The van der Waals surface area contributed by atoms with Gasteiger partial charge in [-0.1, -0.05) is 38.4 Å². The minimum Gasteiger partial charge on any atom is -0.372 e. The van der Waals surface area contributed by atoms with Crippen molar-refractivity contribution in [3.8, 4) is 11.4 Å². The van der Waals surface area contributed by atoms with Crippen LogP contribution in [0.15, 0.2) is 18.2 Å². The number of nitrogens with zero attached hydrogens (tertiary/aromatic N) is 2. The van der Waals surface area contributed by atoms with E-state index >= 15 is 0 Å². The Balaban J connectivity index is 2.73. The van der Waals surface area contributed by atoms with Crippen molar-refractivity contribution in [2.24, 2.45) is 0 Å². The lowest BCUT2D eigenvalue weighted by atomic mass is 9.91. The zero-order valence-electron chi connectivity index (χ0n) is 12.3. The molecule has 1 aromatic carbocycles. The topological polar surface area (TPSA) is 37.8 Å². The normalized spacial score (nSPS) is 11.6. The number of halogens is 3. The summed E-state index contributed by atoms with van der Waals surface area (Å²) in [7, 11) is 1.79. The Morgan fingerprint density at radius 3 is 2.48 bits per heavy atom. The fourth-order valence-electron chi connectivity index (χ4n) is 1.91. The molecule has 0 fully saturated rings.